The summed E-state index contributed by atoms with van der Waals surface area (Å²) in [5, 5.41) is 21.7. The van der Waals surface area contributed by atoms with Gasteiger partial charge in [0.2, 0.25) is 0 Å². The molecule has 0 aromatic rings. The third-order valence-corrected chi connectivity index (χ3v) is 1.16. The van der Waals surface area contributed by atoms with Crippen LogP contribution in [-0.4, -0.2) is 40.9 Å². The quantitative estimate of drug-likeness (QED) is 0.463. The lowest BCUT2D eigenvalue weighted by Gasteiger charge is -2.11. The van der Waals surface area contributed by atoms with Crippen molar-refractivity contribution < 1.29 is 19.8 Å². The van der Waals surface area contributed by atoms with Crippen LogP contribution in [0.2, 0.25) is 0 Å². The second-order valence-corrected chi connectivity index (χ2v) is 2.86. The van der Waals surface area contributed by atoms with Crippen molar-refractivity contribution in [3.63, 3.8) is 0 Å². The van der Waals surface area contributed by atoms with E-state index in [1.54, 1.807) is 13.8 Å². The lowest BCUT2D eigenvalue weighted by molar-refractivity contribution is -0.146. The van der Waals surface area contributed by atoms with Crippen molar-refractivity contribution in [1.29, 1.82) is 0 Å². The SMILES string of the molecule is CC(C)NC(=O)NC[C@H](O)C(=O)O. The van der Waals surface area contributed by atoms with E-state index in [-0.39, 0.29) is 12.6 Å². The number of carbonyl (C=O) groups excluding carboxylic acids is 1. The molecular weight excluding hydrogens is 176 g/mol. The average Bonchev–Trinajstić information content (AvgIpc) is 1.98. The molecule has 76 valence electrons. The van der Waals surface area contributed by atoms with Crippen LogP contribution < -0.4 is 10.6 Å². The van der Waals surface area contributed by atoms with Gasteiger partial charge in [0.1, 0.15) is 0 Å². The Labute approximate surface area is 75.9 Å². The zero-order chi connectivity index (χ0) is 10.4. The fraction of sp³-hybridized carbons (Fsp3) is 0.714. The molecule has 0 saturated heterocycles. The summed E-state index contributed by atoms with van der Waals surface area (Å²) in [6.45, 7) is 3.24. The largest absolute Gasteiger partial charge is 0.479 e. The summed E-state index contributed by atoms with van der Waals surface area (Å²) >= 11 is 0. The second-order valence-electron chi connectivity index (χ2n) is 2.86. The second kappa shape index (κ2) is 5.36. The van der Waals surface area contributed by atoms with Crippen LogP contribution in [0.5, 0.6) is 0 Å². The predicted molar refractivity (Wildman–Crippen MR) is 45.3 cm³/mol. The molecule has 0 aromatic heterocycles. The minimum atomic E-state index is -1.56. The van der Waals surface area contributed by atoms with Gasteiger partial charge in [-0.15, -0.1) is 0 Å². The van der Waals surface area contributed by atoms with Crippen molar-refractivity contribution in [2.24, 2.45) is 0 Å². The van der Waals surface area contributed by atoms with Gasteiger partial charge in [-0.2, -0.15) is 0 Å². The van der Waals surface area contributed by atoms with Crippen molar-refractivity contribution in [3.05, 3.63) is 0 Å². The Morgan fingerprint density at radius 3 is 2.31 bits per heavy atom. The minimum absolute atomic E-state index is 0.0260. The number of carboxylic acid groups (broad SMARTS) is 1. The average molecular weight is 190 g/mol. The number of amides is 2. The lowest BCUT2D eigenvalue weighted by Crippen LogP contribution is -2.44. The Balaban J connectivity index is 3.64. The van der Waals surface area contributed by atoms with Gasteiger partial charge in [0, 0.05) is 6.04 Å². The van der Waals surface area contributed by atoms with E-state index in [4.69, 9.17) is 10.2 Å². The van der Waals surface area contributed by atoms with Crippen LogP contribution in [0.4, 0.5) is 4.79 Å². The molecule has 0 aliphatic heterocycles. The maximum atomic E-state index is 10.9. The molecule has 0 aromatic carbocycles. The standard InChI is InChI=1S/C7H14N2O4/c1-4(2)9-7(13)8-3-5(10)6(11)12/h4-5,10H,3H2,1-2H3,(H,11,12)(H2,8,9,13)/t5-/m0/s1. The molecule has 0 spiro atoms. The van der Waals surface area contributed by atoms with Crippen LogP contribution in [-0.2, 0) is 4.79 Å². The molecule has 0 bridgehead atoms. The number of carboxylic acids is 1. The summed E-state index contributed by atoms with van der Waals surface area (Å²) in [5.74, 6) is -1.36. The number of rotatable bonds is 4. The normalized spacial score (nSPS) is 12.3. The highest BCUT2D eigenvalue weighted by molar-refractivity contribution is 5.76. The number of aliphatic hydroxyl groups excluding tert-OH is 1. The van der Waals surface area contributed by atoms with E-state index in [0.717, 1.165) is 0 Å². The molecule has 0 rings (SSSR count). The Morgan fingerprint density at radius 1 is 1.38 bits per heavy atom. The maximum absolute atomic E-state index is 10.9. The minimum Gasteiger partial charge on any atom is -0.479 e. The number of nitrogens with one attached hydrogen (secondary N) is 2. The Morgan fingerprint density at radius 2 is 1.92 bits per heavy atom. The van der Waals surface area contributed by atoms with Crippen molar-refractivity contribution in [1.82, 2.24) is 10.6 Å². The summed E-state index contributed by atoms with van der Waals surface area (Å²) in [7, 11) is 0. The Hall–Kier alpha value is -1.30. The monoisotopic (exact) mass is 190 g/mol. The van der Waals surface area contributed by atoms with Gasteiger partial charge < -0.3 is 20.8 Å². The zero-order valence-corrected chi connectivity index (χ0v) is 7.57. The molecule has 13 heavy (non-hydrogen) atoms. The highest BCUT2D eigenvalue weighted by Crippen LogP contribution is 1.81. The van der Waals surface area contributed by atoms with Crippen LogP contribution in [0.25, 0.3) is 0 Å². The summed E-state index contributed by atoms with van der Waals surface area (Å²) in [4.78, 5) is 21.0. The van der Waals surface area contributed by atoms with E-state index in [1.165, 1.54) is 0 Å². The molecule has 1 atom stereocenters. The fourth-order valence-electron chi connectivity index (χ4n) is 0.590. The number of hydrogen-bond donors (Lipinski definition) is 4. The summed E-state index contributed by atoms with van der Waals surface area (Å²) in [5.41, 5.74) is 0. The van der Waals surface area contributed by atoms with Crippen molar-refractivity contribution in [2.75, 3.05) is 6.54 Å². The third-order valence-electron chi connectivity index (χ3n) is 1.16. The molecule has 0 fully saturated rings. The first kappa shape index (κ1) is 11.7. The molecule has 6 heteroatoms. The van der Waals surface area contributed by atoms with E-state index in [1.807, 2.05) is 0 Å². The number of urea groups is 1. The van der Waals surface area contributed by atoms with E-state index >= 15 is 0 Å². The summed E-state index contributed by atoms with van der Waals surface area (Å²) < 4.78 is 0. The molecule has 0 radical (unpaired) electrons. The van der Waals surface area contributed by atoms with Gasteiger partial charge in [0.25, 0.3) is 0 Å². The molecule has 0 saturated carbocycles. The first-order valence-corrected chi connectivity index (χ1v) is 3.88. The number of hydrogen-bond acceptors (Lipinski definition) is 3. The van der Waals surface area contributed by atoms with E-state index in [9.17, 15) is 9.59 Å². The van der Waals surface area contributed by atoms with E-state index in [0.29, 0.717) is 0 Å². The number of carbonyl (C=O) groups is 2. The highest BCUT2D eigenvalue weighted by atomic mass is 16.4. The van der Waals surface area contributed by atoms with Gasteiger partial charge in [-0.25, -0.2) is 9.59 Å². The zero-order valence-electron chi connectivity index (χ0n) is 7.57. The van der Waals surface area contributed by atoms with Crippen LogP contribution >= 0.6 is 0 Å². The molecule has 4 N–H and O–H groups in total. The van der Waals surface area contributed by atoms with Crippen molar-refractivity contribution in [2.45, 2.75) is 26.0 Å². The Kier molecular flexibility index (Phi) is 4.83. The molecule has 0 heterocycles. The molecule has 6 nitrogen and oxygen atoms in total. The number of aliphatic carboxylic acids is 1. The van der Waals surface area contributed by atoms with Crippen LogP contribution in [0.3, 0.4) is 0 Å². The summed E-state index contributed by atoms with van der Waals surface area (Å²) in [6, 6.07) is -0.516. The highest BCUT2D eigenvalue weighted by Gasteiger charge is 2.13. The smallest absolute Gasteiger partial charge is 0.334 e. The molecule has 2 amide bonds. The van der Waals surface area contributed by atoms with Gasteiger partial charge in [-0.05, 0) is 13.8 Å². The van der Waals surface area contributed by atoms with Gasteiger partial charge in [-0.3, -0.25) is 0 Å². The summed E-state index contributed by atoms with van der Waals surface area (Å²) in [6.07, 6.45) is -1.56. The topological polar surface area (TPSA) is 98.7 Å². The lowest BCUT2D eigenvalue weighted by atomic mass is 10.3. The van der Waals surface area contributed by atoms with Crippen molar-refractivity contribution in [3.8, 4) is 0 Å². The molecule has 0 aliphatic carbocycles. The molecule has 0 unspecified atom stereocenters. The molecular formula is C7H14N2O4. The van der Waals surface area contributed by atoms with Crippen molar-refractivity contribution >= 4 is 12.0 Å². The van der Waals surface area contributed by atoms with Gasteiger partial charge in [0.15, 0.2) is 6.10 Å². The molecule has 0 aliphatic rings. The maximum Gasteiger partial charge on any atom is 0.334 e. The Bertz CT molecular complexity index is 193. The van der Waals surface area contributed by atoms with Crippen LogP contribution in [0, 0.1) is 0 Å². The van der Waals surface area contributed by atoms with E-state index < -0.39 is 18.1 Å². The fourth-order valence-corrected chi connectivity index (χ4v) is 0.590. The van der Waals surface area contributed by atoms with Crippen LogP contribution in [0.1, 0.15) is 13.8 Å². The first-order chi connectivity index (χ1) is 5.93. The first-order valence-electron chi connectivity index (χ1n) is 3.88. The number of aliphatic hydroxyl groups is 1. The predicted octanol–water partition coefficient (Wildman–Crippen LogP) is -0.861. The van der Waals surface area contributed by atoms with E-state index in [2.05, 4.69) is 10.6 Å². The van der Waals surface area contributed by atoms with Crippen LogP contribution in [0.15, 0.2) is 0 Å². The van der Waals surface area contributed by atoms with Gasteiger partial charge in [0.05, 0.1) is 6.54 Å². The van der Waals surface area contributed by atoms with Gasteiger partial charge in [-0.1, -0.05) is 0 Å². The third kappa shape index (κ3) is 5.92. The van der Waals surface area contributed by atoms with Gasteiger partial charge >= 0.3 is 12.0 Å².